The van der Waals surface area contributed by atoms with Gasteiger partial charge < -0.3 is 14.4 Å². The number of carbonyl (C=O) groups is 1. The van der Waals surface area contributed by atoms with Crippen LogP contribution in [0.4, 0.5) is 5.82 Å². The van der Waals surface area contributed by atoms with E-state index in [0.29, 0.717) is 48.8 Å². The summed E-state index contributed by atoms with van der Waals surface area (Å²) in [5.74, 6) is -1.25. The number of nitrogens with zero attached hydrogens (tertiary/aromatic N) is 4. The average Bonchev–Trinajstić information content (AvgIpc) is 2.79. The second-order valence-electron chi connectivity index (χ2n) is 6.68. The molecule has 4 rings (SSSR count). The lowest BCUT2D eigenvalue weighted by Crippen LogP contribution is -2.38. The molecular weight excluding hydrogens is 368 g/mol. The van der Waals surface area contributed by atoms with Crippen LogP contribution in [0.1, 0.15) is 17.2 Å². The minimum Gasteiger partial charge on any atom is -0.460 e. The van der Waals surface area contributed by atoms with Gasteiger partial charge in [-0.25, -0.2) is 9.97 Å². The highest BCUT2D eigenvalue weighted by Crippen LogP contribution is 2.28. The second kappa shape index (κ2) is 8.67. The SMILES string of the molecule is N#C[C@H](C(=O)OCc1ccccc1)c1nc2ccccc2nc1N1CCOCC1. The molecule has 0 N–H and O–H groups in total. The third-order valence-electron chi connectivity index (χ3n) is 4.75. The summed E-state index contributed by atoms with van der Waals surface area (Å²) in [5.41, 5.74) is 2.53. The summed E-state index contributed by atoms with van der Waals surface area (Å²) >= 11 is 0. The van der Waals surface area contributed by atoms with Crippen molar-refractivity contribution in [2.45, 2.75) is 12.5 Å². The molecular formula is C22H20N4O3. The third kappa shape index (κ3) is 4.18. The molecule has 0 saturated carbocycles. The molecule has 2 aromatic carbocycles. The van der Waals surface area contributed by atoms with E-state index in [0.717, 1.165) is 5.56 Å². The van der Waals surface area contributed by atoms with Gasteiger partial charge >= 0.3 is 5.97 Å². The Bertz CT molecular complexity index is 1040. The van der Waals surface area contributed by atoms with Gasteiger partial charge in [0.15, 0.2) is 11.7 Å². The van der Waals surface area contributed by atoms with Gasteiger partial charge in [-0.3, -0.25) is 4.79 Å². The molecule has 29 heavy (non-hydrogen) atoms. The van der Waals surface area contributed by atoms with E-state index >= 15 is 0 Å². The summed E-state index contributed by atoms with van der Waals surface area (Å²) in [6.45, 7) is 2.47. The first kappa shape index (κ1) is 18.8. The van der Waals surface area contributed by atoms with E-state index in [1.807, 2.05) is 59.5 Å². The highest BCUT2D eigenvalue weighted by molar-refractivity contribution is 5.85. The Morgan fingerprint density at radius 3 is 2.41 bits per heavy atom. The zero-order chi connectivity index (χ0) is 20.1. The van der Waals surface area contributed by atoms with Crippen LogP contribution in [-0.4, -0.2) is 42.2 Å². The number of esters is 1. The fourth-order valence-electron chi connectivity index (χ4n) is 3.24. The van der Waals surface area contributed by atoms with E-state index in [-0.39, 0.29) is 6.61 Å². The van der Waals surface area contributed by atoms with Gasteiger partial charge in [-0.05, 0) is 17.7 Å². The summed E-state index contributed by atoms with van der Waals surface area (Å²) in [4.78, 5) is 24.1. The minimum absolute atomic E-state index is 0.103. The maximum atomic E-state index is 12.8. The number of fused-ring (bicyclic) bond motifs is 1. The zero-order valence-corrected chi connectivity index (χ0v) is 15.8. The molecule has 0 radical (unpaired) electrons. The minimum atomic E-state index is -1.16. The van der Waals surface area contributed by atoms with Gasteiger partial charge in [-0.2, -0.15) is 5.26 Å². The number of benzene rings is 2. The van der Waals surface area contributed by atoms with E-state index in [9.17, 15) is 10.1 Å². The largest absolute Gasteiger partial charge is 0.460 e. The topological polar surface area (TPSA) is 88.3 Å². The van der Waals surface area contributed by atoms with Crippen LogP contribution < -0.4 is 4.90 Å². The van der Waals surface area contributed by atoms with Crippen molar-refractivity contribution in [2.24, 2.45) is 0 Å². The van der Waals surface area contributed by atoms with E-state index in [2.05, 4.69) is 11.1 Å². The van der Waals surface area contributed by atoms with Crippen LogP contribution in [0.3, 0.4) is 0 Å². The molecule has 146 valence electrons. The standard InChI is InChI=1S/C22H20N4O3/c23-14-17(22(27)29-15-16-6-2-1-3-7-16)20-21(26-10-12-28-13-11-26)25-19-9-5-4-8-18(19)24-20/h1-9,17H,10-13,15H2/t17-/m0/s1. The van der Waals surface area contributed by atoms with Gasteiger partial charge in [-0.15, -0.1) is 0 Å². The fourth-order valence-corrected chi connectivity index (χ4v) is 3.24. The van der Waals surface area contributed by atoms with Crippen molar-refractivity contribution in [1.29, 1.82) is 5.26 Å². The second-order valence-corrected chi connectivity index (χ2v) is 6.68. The molecule has 0 bridgehead atoms. The van der Waals surface area contributed by atoms with E-state index in [1.165, 1.54) is 0 Å². The molecule has 1 fully saturated rings. The van der Waals surface area contributed by atoms with Gasteiger partial charge in [0.1, 0.15) is 12.3 Å². The van der Waals surface area contributed by atoms with Crippen LogP contribution in [-0.2, 0) is 20.9 Å². The highest BCUT2D eigenvalue weighted by Gasteiger charge is 2.30. The van der Waals surface area contributed by atoms with Crippen LogP contribution in [0.5, 0.6) is 0 Å². The monoisotopic (exact) mass is 388 g/mol. The maximum absolute atomic E-state index is 12.8. The van der Waals surface area contributed by atoms with Crippen molar-refractivity contribution in [1.82, 2.24) is 9.97 Å². The summed E-state index contributed by atoms with van der Waals surface area (Å²) in [6, 6.07) is 18.8. The van der Waals surface area contributed by atoms with Crippen molar-refractivity contribution in [2.75, 3.05) is 31.2 Å². The molecule has 7 nitrogen and oxygen atoms in total. The Morgan fingerprint density at radius 1 is 1.07 bits per heavy atom. The normalized spacial score (nSPS) is 14.9. The van der Waals surface area contributed by atoms with Crippen molar-refractivity contribution in [3.63, 3.8) is 0 Å². The summed E-state index contributed by atoms with van der Waals surface area (Å²) in [7, 11) is 0. The number of hydrogen-bond donors (Lipinski definition) is 0. The van der Waals surface area contributed by atoms with Gasteiger partial charge in [-0.1, -0.05) is 42.5 Å². The van der Waals surface area contributed by atoms with Crippen molar-refractivity contribution in [3.8, 4) is 6.07 Å². The highest BCUT2D eigenvalue weighted by atomic mass is 16.5. The number of carbonyl (C=O) groups excluding carboxylic acids is 1. The zero-order valence-electron chi connectivity index (χ0n) is 15.8. The lowest BCUT2D eigenvalue weighted by atomic mass is 10.1. The number of anilines is 1. The van der Waals surface area contributed by atoms with Crippen LogP contribution in [0.15, 0.2) is 54.6 Å². The Labute approximate surface area is 168 Å². The molecule has 1 aliphatic rings. The molecule has 1 saturated heterocycles. The number of para-hydroxylation sites is 2. The molecule has 7 heteroatoms. The summed E-state index contributed by atoms with van der Waals surface area (Å²) in [6.07, 6.45) is 0. The summed E-state index contributed by atoms with van der Waals surface area (Å²) < 4.78 is 10.8. The molecule has 0 spiro atoms. The quantitative estimate of drug-likeness (QED) is 0.621. The molecule has 1 atom stereocenters. The maximum Gasteiger partial charge on any atom is 0.330 e. The molecule has 0 unspecified atom stereocenters. The first-order valence-electron chi connectivity index (χ1n) is 9.46. The summed E-state index contributed by atoms with van der Waals surface area (Å²) in [5, 5.41) is 9.78. The van der Waals surface area contributed by atoms with Crippen molar-refractivity contribution >= 4 is 22.8 Å². The van der Waals surface area contributed by atoms with Crippen LogP contribution in [0, 0.1) is 11.3 Å². The van der Waals surface area contributed by atoms with Gasteiger partial charge in [0.2, 0.25) is 0 Å². The Morgan fingerprint density at radius 2 is 1.72 bits per heavy atom. The Balaban J connectivity index is 1.67. The van der Waals surface area contributed by atoms with E-state index in [1.54, 1.807) is 0 Å². The lowest BCUT2D eigenvalue weighted by Gasteiger charge is -2.29. The number of ether oxygens (including phenoxy) is 2. The number of aromatic nitrogens is 2. The predicted octanol–water partition coefficient (Wildman–Crippen LogP) is 2.82. The Kier molecular flexibility index (Phi) is 5.63. The molecule has 1 aromatic heterocycles. The van der Waals surface area contributed by atoms with E-state index < -0.39 is 11.9 Å². The molecule has 3 aromatic rings. The first-order valence-corrected chi connectivity index (χ1v) is 9.46. The van der Waals surface area contributed by atoms with E-state index in [4.69, 9.17) is 14.5 Å². The van der Waals surface area contributed by atoms with Crippen LogP contribution in [0.2, 0.25) is 0 Å². The predicted molar refractivity (Wildman–Crippen MR) is 107 cm³/mol. The number of morpholine rings is 1. The van der Waals surface area contributed by atoms with Crippen molar-refractivity contribution < 1.29 is 14.3 Å². The molecule has 2 heterocycles. The van der Waals surface area contributed by atoms with Crippen LogP contribution in [0.25, 0.3) is 11.0 Å². The fraction of sp³-hybridized carbons (Fsp3) is 0.273. The number of rotatable bonds is 5. The average molecular weight is 388 g/mol. The van der Waals surface area contributed by atoms with Gasteiger partial charge in [0, 0.05) is 13.1 Å². The molecule has 1 aliphatic heterocycles. The van der Waals surface area contributed by atoms with Gasteiger partial charge in [0.05, 0.1) is 30.3 Å². The number of hydrogen-bond acceptors (Lipinski definition) is 7. The lowest BCUT2D eigenvalue weighted by molar-refractivity contribution is -0.145. The first-order chi connectivity index (χ1) is 14.3. The molecule has 0 amide bonds. The third-order valence-corrected chi connectivity index (χ3v) is 4.75. The smallest absolute Gasteiger partial charge is 0.330 e. The number of nitriles is 1. The Hall–Kier alpha value is -3.50. The van der Waals surface area contributed by atoms with Crippen molar-refractivity contribution in [3.05, 3.63) is 65.9 Å². The van der Waals surface area contributed by atoms with Gasteiger partial charge in [0.25, 0.3) is 0 Å². The van der Waals surface area contributed by atoms with Crippen LogP contribution >= 0.6 is 0 Å². The molecule has 0 aliphatic carbocycles.